The summed E-state index contributed by atoms with van der Waals surface area (Å²) in [5.74, 6) is 0.762. The topological polar surface area (TPSA) is 68.2 Å². The van der Waals surface area contributed by atoms with Gasteiger partial charge in [-0.25, -0.2) is 9.97 Å². The molecule has 0 unspecified atom stereocenters. The van der Waals surface area contributed by atoms with E-state index in [0.717, 1.165) is 28.4 Å². The summed E-state index contributed by atoms with van der Waals surface area (Å²) < 4.78 is 1.98. The molecule has 5 heteroatoms. The first-order chi connectivity index (χ1) is 11.8. The molecular formula is C19H17N5. The Kier molecular flexibility index (Phi) is 3.59. The number of benzene rings is 2. The SMILES string of the molecule is Nc1ccc(-c2cn3ccnc3c(NCc3ccccc3)n2)cc1. The summed E-state index contributed by atoms with van der Waals surface area (Å²) in [6.07, 6.45) is 5.67. The second-order valence-electron chi connectivity index (χ2n) is 5.59. The Morgan fingerprint density at radius 2 is 1.79 bits per heavy atom. The molecule has 2 aromatic carbocycles. The molecule has 0 aliphatic rings. The number of anilines is 2. The maximum Gasteiger partial charge on any atom is 0.180 e. The monoisotopic (exact) mass is 315 g/mol. The molecule has 5 nitrogen and oxygen atoms in total. The molecular weight excluding hydrogens is 298 g/mol. The molecule has 0 radical (unpaired) electrons. The van der Waals surface area contributed by atoms with Crippen LogP contribution < -0.4 is 11.1 Å². The van der Waals surface area contributed by atoms with Gasteiger partial charge in [-0.2, -0.15) is 0 Å². The van der Waals surface area contributed by atoms with Gasteiger partial charge in [0.05, 0.1) is 5.69 Å². The summed E-state index contributed by atoms with van der Waals surface area (Å²) in [5.41, 5.74) is 10.4. The maximum absolute atomic E-state index is 5.77. The molecule has 0 fully saturated rings. The number of hydrogen-bond donors (Lipinski definition) is 2. The van der Waals surface area contributed by atoms with Gasteiger partial charge in [0.15, 0.2) is 11.5 Å². The van der Waals surface area contributed by atoms with E-state index in [4.69, 9.17) is 10.7 Å². The first kappa shape index (κ1) is 14.3. The van der Waals surface area contributed by atoms with Gasteiger partial charge < -0.3 is 15.5 Å². The number of aromatic nitrogens is 3. The second-order valence-corrected chi connectivity index (χ2v) is 5.59. The van der Waals surface area contributed by atoms with Crippen LogP contribution in [-0.2, 0) is 6.54 Å². The van der Waals surface area contributed by atoms with Gasteiger partial charge in [0, 0.05) is 36.4 Å². The zero-order valence-corrected chi connectivity index (χ0v) is 13.1. The van der Waals surface area contributed by atoms with Crippen LogP contribution in [0.4, 0.5) is 11.5 Å². The van der Waals surface area contributed by atoms with Gasteiger partial charge >= 0.3 is 0 Å². The van der Waals surface area contributed by atoms with Crippen LogP contribution in [0.2, 0.25) is 0 Å². The number of fused-ring (bicyclic) bond motifs is 1. The predicted octanol–water partition coefficient (Wildman–Crippen LogP) is 3.59. The van der Waals surface area contributed by atoms with Gasteiger partial charge in [0.25, 0.3) is 0 Å². The van der Waals surface area contributed by atoms with Crippen molar-refractivity contribution in [2.45, 2.75) is 6.54 Å². The summed E-state index contributed by atoms with van der Waals surface area (Å²) in [6.45, 7) is 0.696. The number of imidazole rings is 1. The summed E-state index contributed by atoms with van der Waals surface area (Å²) in [5, 5.41) is 3.39. The van der Waals surface area contributed by atoms with Crippen molar-refractivity contribution in [3.8, 4) is 11.3 Å². The van der Waals surface area contributed by atoms with Crippen LogP contribution in [0.15, 0.2) is 73.2 Å². The molecule has 4 aromatic rings. The quantitative estimate of drug-likeness (QED) is 0.565. The fourth-order valence-corrected chi connectivity index (χ4v) is 2.62. The largest absolute Gasteiger partial charge is 0.399 e. The lowest BCUT2D eigenvalue weighted by molar-refractivity contribution is 1.07. The molecule has 4 rings (SSSR count). The fraction of sp³-hybridized carbons (Fsp3) is 0.0526. The van der Waals surface area contributed by atoms with E-state index in [-0.39, 0.29) is 0 Å². The highest BCUT2D eigenvalue weighted by Gasteiger charge is 2.09. The van der Waals surface area contributed by atoms with Gasteiger partial charge in [-0.05, 0) is 17.7 Å². The molecule has 0 aliphatic heterocycles. The Bertz CT molecular complexity index is 958. The standard InChI is InChI=1S/C19H17N5/c20-16-8-6-15(7-9-16)17-13-24-11-10-21-19(24)18(23-17)22-12-14-4-2-1-3-5-14/h1-11,13H,12,20H2,(H,22,23). The molecule has 2 heterocycles. The van der Waals surface area contributed by atoms with Gasteiger partial charge in [0.2, 0.25) is 0 Å². The Hall–Kier alpha value is -3.34. The molecule has 118 valence electrons. The van der Waals surface area contributed by atoms with Crippen LogP contribution in [0.1, 0.15) is 5.56 Å². The highest BCUT2D eigenvalue weighted by Crippen LogP contribution is 2.23. The smallest absolute Gasteiger partial charge is 0.180 e. The van der Waals surface area contributed by atoms with Gasteiger partial charge in [-0.1, -0.05) is 42.5 Å². The number of nitrogens with one attached hydrogen (secondary N) is 1. The minimum Gasteiger partial charge on any atom is -0.399 e. The van der Waals surface area contributed by atoms with E-state index in [0.29, 0.717) is 6.54 Å². The van der Waals surface area contributed by atoms with Crippen LogP contribution in [-0.4, -0.2) is 14.4 Å². The zero-order valence-electron chi connectivity index (χ0n) is 13.1. The normalized spacial score (nSPS) is 10.8. The van der Waals surface area contributed by atoms with Crippen molar-refractivity contribution in [2.24, 2.45) is 0 Å². The van der Waals surface area contributed by atoms with Crippen LogP contribution in [0.3, 0.4) is 0 Å². The summed E-state index contributed by atoms with van der Waals surface area (Å²) in [4.78, 5) is 9.15. The Labute approximate surface area is 139 Å². The minimum absolute atomic E-state index is 0.696. The Morgan fingerprint density at radius 3 is 2.58 bits per heavy atom. The van der Waals surface area contributed by atoms with Crippen molar-refractivity contribution in [3.63, 3.8) is 0 Å². The van der Waals surface area contributed by atoms with Crippen LogP contribution in [0.25, 0.3) is 16.9 Å². The molecule has 0 spiro atoms. The Balaban J connectivity index is 1.71. The molecule has 24 heavy (non-hydrogen) atoms. The lowest BCUT2D eigenvalue weighted by atomic mass is 10.1. The highest BCUT2D eigenvalue weighted by molar-refractivity contribution is 5.70. The molecule has 0 saturated carbocycles. The molecule has 0 saturated heterocycles. The average Bonchev–Trinajstić information content (AvgIpc) is 3.10. The van der Waals surface area contributed by atoms with E-state index in [1.54, 1.807) is 6.20 Å². The third kappa shape index (κ3) is 2.79. The molecule has 3 N–H and O–H groups in total. The lowest BCUT2D eigenvalue weighted by Crippen LogP contribution is -2.05. The van der Waals surface area contributed by atoms with Crippen molar-refractivity contribution in [1.29, 1.82) is 0 Å². The molecule has 0 amide bonds. The Morgan fingerprint density at radius 1 is 1.00 bits per heavy atom. The van der Waals surface area contributed by atoms with Crippen LogP contribution in [0.5, 0.6) is 0 Å². The van der Waals surface area contributed by atoms with E-state index in [2.05, 4.69) is 22.4 Å². The van der Waals surface area contributed by atoms with E-state index in [1.807, 2.05) is 59.3 Å². The van der Waals surface area contributed by atoms with E-state index in [1.165, 1.54) is 5.56 Å². The maximum atomic E-state index is 5.77. The zero-order chi connectivity index (χ0) is 16.4. The fourth-order valence-electron chi connectivity index (χ4n) is 2.62. The van der Waals surface area contributed by atoms with E-state index >= 15 is 0 Å². The number of nitrogens with two attached hydrogens (primary N) is 1. The third-order valence-corrected chi connectivity index (χ3v) is 3.88. The molecule has 0 bridgehead atoms. The molecule has 0 atom stereocenters. The van der Waals surface area contributed by atoms with E-state index < -0.39 is 0 Å². The highest BCUT2D eigenvalue weighted by atomic mass is 15.1. The minimum atomic E-state index is 0.696. The number of hydrogen-bond acceptors (Lipinski definition) is 4. The van der Waals surface area contributed by atoms with Gasteiger partial charge in [-0.3, -0.25) is 0 Å². The first-order valence-electron chi connectivity index (χ1n) is 7.77. The van der Waals surface area contributed by atoms with Crippen molar-refractivity contribution < 1.29 is 0 Å². The number of nitrogens with zero attached hydrogens (tertiary/aromatic N) is 3. The number of rotatable bonds is 4. The van der Waals surface area contributed by atoms with Crippen LogP contribution in [0, 0.1) is 0 Å². The van der Waals surface area contributed by atoms with Crippen molar-refractivity contribution in [2.75, 3.05) is 11.1 Å². The summed E-state index contributed by atoms with van der Waals surface area (Å²) in [6, 6.07) is 17.9. The molecule has 2 aromatic heterocycles. The van der Waals surface area contributed by atoms with Gasteiger partial charge in [-0.15, -0.1) is 0 Å². The summed E-state index contributed by atoms with van der Waals surface area (Å²) in [7, 11) is 0. The average molecular weight is 315 g/mol. The second kappa shape index (κ2) is 6.04. The van der Waals surface area contributed by atoms with Crippen molar-refractivity contribution in [3.05, 3.63) is 78.8 Å². The number of nitrogen functional groups attached to an aromatic ring is 1. The summed E-state index contributed by atoms with van der Waals surface area (Å²) >= 11 is 0. The van der Waals surface area contributed by atoms with Crippen molar-refractivity contribution in [1.82, 2.24) is 14.4 Å². The first-order valence-corrected chi connectivity index (χ1v) is 7.77. The predicted molar refractivity (Wildman–Crippen MR) is 96.6 cm³/mol. The third-order valence-electron chi connectivity index (χ3n) is 3.88. The van der Waals surface area contributed by atoms with Crippen LogP contribution >= 0.6 is 0 Å². The lowest BCUT2D eigenvalue weighted by Gasteiger charge is -2.10. The molecule has 0 aliphatic carbocycles. The van der Waals surface area contributed by atoms with Crippen molar-refractivity contribution >= 4 is 17.2 Å². The van der Waals surface area contributed by atoms with E-state index in [9.17, 15) is 0 Å². The van der Waals surface area contributed by atoms with Gasteiger partial charge in [0.1, 0.15) is 0 Å².